The molecule has 0 aliphatic heterocycles. The summed E-state index contributed by atoms with van der Waals surface area (Å²) in [6.07, 6.45) is 1.26. The van der Waals surface area contributed by atoms with Gasteiger partial charge in [-0.25, -0.2) is 4.79 Å². The van der Waals surface area contributed by atoms with Gasteiger partial charge in [0.05, 0.1) is 5.39 Å². The normalized spacial score (nSPS) is 10.9. The Morgan fingerprint density at radius 2 is 1.70 bits per heavy atom. The molecule has 3 aromatic carbocycles. The lowest BCUT2D eigenvalue weighted by atomic mass is 10.0. The number of rotatable bonds is 7. The molecule has 0 atom stereocenters. The Bertz CT molecular complexity index is 1340. The molecule has 0 bridgehead atoms. The molecule has 4 rings (SSSR count). The fourth-order valence-electron chi connectivity index (χ4n) is 3.23. The van der Waals surface area contributed by atoms with Crippen LogP contribution in [0.25, 0.3) is 11.0 Å². The molecular formula is C26H21ClO6. The van der Waals surface area contributed by atoms with Gasteiger partial charge in [-0.1, -0.05) is 43.6 Å². The number of para-hydroxylation sites is 1. The Kier molecular flexibility index (Phi) is 6.66. The first kappa shape index (κ1) is 22.4. The van der Waals surface area contributed by atoms with E-state index in [1.807, 2.05) is 38.1 Å². The maximum Gasteiger partial charge on any atom is 0.349 e. The number of ether oxygens (including phenoxy) is 3. The SMILES string of the molecule is CC(C)c1ccccc1Oc1coc2cc(OC(=O)COc3ccc(Cl)cc3)ccc2c1=O. The Morgan fingerprint density at radius 1 is 0.970 bits per heavy atom. The monoisotopic (exact) mass is 464 g/mol. The van der Waals surface area contributed by atoms with E-state index >= 15 is 0 Å². The van der Waals surface area contributed by atoms with Crippen molar-refractivity contribution in [1.82, 2.24) is 0 Å². The van der Waals surface area contributed by atoms with E-state index in [1.54, 1.807) is 24.3 Å². The molecular weight excluding hydrogens is 444 g/mol. The van der Waals surface area contributed by atoms with E-state index in [0.717, 1.165) is 5.56 Å². The zero-order chi connectivity index (χ0) is 23.4. The smallest absolute Gasteiger partial charge is 0.349 e. The van der Waals surface area contributed by atoms with Crippen molar-refractivity contribution >= 4 is 28.5 Å². The van der Waals surface area contributed by atoms with E-state index < -0.39 is 5.97 Å². The maximum absolute atomic E-state index is 12.9. The fourth-order valence-corrected chi connectivity index (χ4v) is 3.35. The van der Waals surface area contributed by atoms with Gasteiger partial charge in [0.2, 0.25) is 11.2 Å². The average Bonchev–Trinajstić information content (AvgIpc) is 2.81. The molecule has 0 fully saturated rings. The lowest BCUT2D eigenvalue weighted by Gasteiger charge is -2.13. The van der Waals surface area contributed by atoms with Crippen LogP contribution in [-0.2, 0) is 4.79 Å². The van der Waals surface area contributed by atoms with Crippen molar-refractivity contribution in [1.29, 1.82) is 0 Å². The number of esters is 1. The minimum atomic E-state index is -0.600. The molecule has 168 valence electrons. The summed E-state index contributed by atoms with van der Waals surface area (Å²) in [6.45, 7) is 3.81. The van der Waals surface area contributed by atoms with Gasteiger partial charge in [0.25, 0.3) is 0 Å². The van der Waals surface area contributed by atoms with Crippen molar-refractivity contribution in [2.24, 2.45) is 0 Å². The van der Waals surface area contributed by atoms with E-state index in [-0.39, 0.29) is 35.0 Å². The minimum absolute atomic E-state index is 0.0803. The highest BCUT2D eigenvalue weighted by Crippen LogP contribution is 2.30. The van der Waals surface area contributed by atoms with Crippen molar-refractivity contribution < 1.29 is 23.4 Å². The van der Waals surface area contributed by atoms with Gasteiger partial charge >= 0.3 is 5.97 Å². The van der Waals surface area contributed by atoms with Gasteiger partial charge in [-0.2, -0.15) is 0 Å². The number of benzene rings is 3. The van der Waals surface area contributed by atoms with Crippen molar-refractivity contribution in [3.63, 3.8) is 0 Å². The first-order valence-electron chi connectivity index (χ1n) is 10.3. The van der Waals surface area contributed by atoms with E-state index in [1.165, 1.54) is 24.5 Å². The zero-order valence-electron chi connectivity index (χ0n) is 18.0. The van der Waals surface area contributed by atoms with Crippen molar-refractivity contribution in [2.45, 2.75) is 19.8 Å². The maximum atomic E-state index is 12.9. The van der Waals surface area contributed by atoms with Crippen molar-refractivity contribution in [3.05, 3.63) is 93.8 Å². The molecule has 0 aliphatic carbocycles. The van der Waals surface area contributed by atoms with Crippen LogP contribution in [0, 0.1) is 0 Å². The Balaban J connectivity index is 1.48. The predicted molar refractivity (Wildman–Crippen MR) is 126 cm³/mol. The summed E-state index contributed by atoms with van der Waals surface area (Å²) in [5, 5.41) is 0.881. The molecule has 0 N–H and O–H groups in total. The van der Waals surface area contributed by atoms with Gasteiger partial charge in [-0.15, -0.1) is 0 Å². The highest BCUT2D eigenvalue weighted by atomic mass is 35.5. The summed E-state index contributed by atoms with van der Waals surface area (Å²) in [5.74, 6) is 1.04. The molecule has 33 heavy (non-hydrogen) atoms. The van der Waals surface area contributed by atoms with Gasteiger partial charge < -0.3 is 18.6 Å². The second-order valence-electron chi connectivity index (χ2n) is 7.60. The lowest BCUT2D eigenvalue weighted by Crippen LogP contribution is -2.17. The molecule has 1 aromatic heterocycles. The average molecular weight is 465 g/mol. The summed E-state index contributed by atoms with van der Waals surface area (Å²) >= 11 is 5.82. The van der Waals surface area contributed by atoms with Crippen molar-refractivity contribution in [2.75, 3.05) is 6.61 Å². The minimum Gasteiger partial charge on any atom is -0.482 e. The van der Waals surface area contributed by atoms with Crippen molar-refractivity contribution in [3.8, 4) is 23.0 Å². The number of fused-ring (bicyclic) bond motifs is 1. The highest BCUT2D eigenvalue weighted by Gasteiger charge is 2.14. The van der Waals surface area contributed by atoms with Crippen LogP contribution in [0.4, 0.5) is 0 Å². The van der Waals surface area contributed by atoms with Crippen LogP contribution in [0.15, 0.2) is 82.2 Å². The third-order valence-corrected chi connectivity index (χ3v) is 5.13. The van der Waals surface area contributed by atoms with E-state index in [9.17, 15) is 9.59 Å². The number of carbonyl (C=O) groups excluding carboxylic acids is 1. The number of carbonyl (C=O) groups is 1. The number of hydrogen-bond acceptors (Lipinski definition) is 6. The van der Waals surface area contributed by atoms with Crippen LogP contribution in [0.1, 0.15) is 25.3 Å². The van der Waals surface area contributed by atoms with E-state index in [2.05, 4.69) is 0 Å². The molecule has 0 aliphatic rings. The topological polar surface area (TPSA) is 75.0 Å². The Morgan fingerprint density at radius 3 is 2.45 bits per heavy atom. The van der Waals surface area contributed by atoms with Crippen LogP contribution in [0.2, 0.25) is 5.02 Å². The molecule has 0 saturated heterocycles. The van der Waals surface area contributed by atoms with Crippen LogP contribution in [0.5, 0.6) is 23.0 Å². The van der Waals surface area contributed by atoms with E-state index in [4.69, 9.17) is 30.2 Å². The molecule has 0 radical (unpaired) electrons. The molecule has 0 unspecified atom stereocenters. The molecule has 0 spiro atoms. The first-order valence-corrected chi connectivity index (χ1v) is 10.7. The summed E-state index contributed by atoms with van der Waals surface area (Å²) in [7, 11) is 0. The summed E-state index contributed by atoms with van der Waals surface area (Å²) in [5.41, 5.74) is 0.937. The van der Waals surface area contributed by atoms with Gasteiger partial charge in [0.1, 0.15) is 29.1 Å². The molecule has 4 aromatic rings. The van der Waals surface area contributed by atoms with Crippen LogP contribution in [0.3, 0.4) is 0 Å². The number of hydrogen-bond donors (Lipinski definition) is 0. The summed E-state index contributed by atoms with van der Waals surface area (Å²) in [4.78, 5) is 25.0. The largest absolute Gasteiger partial charge is 0.482 e. The molecule has 0 saturated carbocycles. The quantitative estimate of drug-likeness (QED) is 0.234. The second kappa shape index (κ2) is 9.79. The fraction of sp³-hybridized carbons (Fsp3) is 0.154. The Hall–Kier alpha value is -3.77. The molecule has 7 heteroatoms. The Labute approximate surface area is 195 Å². The summed E-state index contributed by atoms with van der Waals surface area (Å²) < 4.78 is 22.1. The van der Waals surface area contributed by atoms with Crippen LogP contribution < -0.4 is 19.6 Å². The van der Waals surface area contributed by atoms with Crippen LogP contribution >= 0.6 is 11.6 Å². The zero-order valence-corrected chi connectivity index (χ0v) is 18.8. The predicted octanol–water partition coefficient (Wildman–Crippen LogP) is 6.35. The highest BCUT2D eigenvalue weighted by molar-refractivity contribution is 6.30. The lowest BCUT2D eigenvalue weighted by molar-refractivity contribution is -0.136. The second-order valence-corrected chi connectivity index (χ2v) is 8.03. The third-order valence-electron chi connectivity index (χ3n) is 4.88. The van der Waals surface area contributed by atoms with E-state index in [0.29, 0.717) is 21.9 Å². The van der Waals surface area contributed by atoms with Gasteiger partial charge in [-0.3, -0.25) is 4.79 Å². The van der Waals surface area contributed by atoms with Gasteiger partial charge in [-0.05, 0) is 53.9 Å². The van der Waals surface area contributed by atoms with Crippen LogP contribution in [-0.4, -0.2) is 12.6 Å². The summed E-state index contributed by atoms with van der Waals surface area (Å²) in [6, 6.07) is 18.7. The third kappa shape index (κ3) is 5.35. The van der Waals surface area contributed by atoms with Gasteiger partial charge in [0.15, 0.2) is 6.61 Å². The molecule has 6 nitrogen and oxygen atoms in total. The molecule has 1 heterocycles. The standard InChI is InChI=1S/C26H21ClO6/c1-16(2)20-5-3-4-6-22(20)33-24-14-31-23-13-19(11-12-21(23)26(24)29)32-25(28)15-30-18-9-7-17(27)8-10-18/h3-14,16H,15H2,1-2H3. The first-order chi connectivity index (χ1) is 15.9. The molecule has 0 amide bonds. The van der Waals surface area contributed by atoms with Gasteiger partial charge in [0, 0.05) is 11.1 Å². The number of halogens is 1.